The Morgan fingerprint density at radius 2 is 1.02 bits per heavy atom. The molecule has 0 aliphatic rings. The summed E-state index contributed by atoms with van der Waals surface area (Å²) in [4.78, 5) is 0.450. The van der Waals surface area contributed by atoms with Crippen LogP contribution >= 0.6 is 0 Å². The summed E-state index contributed by atoms with van der Waals surface area (Å²) in [5.74, 6) is 2.50. The van der Waals surface area contributed by atoms with E-state index in [-0.39, 0.29) is 21.3 Å². The van der Waals surface area contributed by atoms with Gasteiger partial charge in [0, 0.05) is 5.41 Å². The van der Waals surface area contributed by atoms with Gasteiger partial charge >= 0.3 is 0 Å². The van der Waals surface area contributed by atoms with Crippen molar-refractivity contribution in [1.29, 1.82) is 0 Å². The Balaban J connectivity index is 1.43. The van der Waals surface area contributed by atoms with Gasteiger partial charge in [0.2, 0.25) is 9.84 Å². The molecule has 4 nitrogen and oxygen atoms in total. The Labute approximate surface area is 246 Å². The second kappa shape index (κ2) is 12.9. The first-order chi connectivity index (χ1) is 19.6. The summed E-state index contributed by atoms with van der Waals surface area (Å²) >= 11 is 0. The lowest BCUT2D eigenvalue weighted by atomic mass is 9.77. The lowest BCUT2D eigenvalue weighted by Gasteiger charge is -2.27. The van der Waals surface area contributed by atoms with Gasteiger partial charge in [0.1, 0.15) is 17.2 Å². The molecule has 0 amide bonds. The van der Waals surface area contributed by atoms with Gasteiger partial charge in [0.05, 0.1) is 15.9 Å². The molecule has 4 aromatic carbocycles. The van der Waals surface area contributed by atoms with Crippen molar-refractivity contribution in [2.45, 2.75) is 88.0 Å². The maximum atomic E-state index is 13.2. The average Bonchev–Trinajstić information content (AvgIpc) is 3.00. The SMILES string of the molecule is CCC(CC)Oc1ccc(S(=O)(=O)c2ccc(Oc3ccc(C(C)(C)c4ccc(C(C)CC)cc4)cc3)cc2)cc1. The van der Waals surface area contributed by atoms with Crippen LogP contribution in [0.4, 0.5) is 0 Å². The molecule has 0 N–H and O–H groups in total. The first-order valence-electron chi connectivity index (χ1n) is 14.6. The van der Waals surface area contributed by atoms with Gasteiger partial charge in [0.15, 0.2) is 0 Å². The number of sulfone groups is 1. The van der Waals surface area contributed by atoms with Crippen molar-refractivity contribution in [3.8, 4) is 17.2 Å². The lowest BCUT2D eigenvalue weighted by molar-refractivity contribution is 0.193. The minimum Gasteiger partial charge on any atom is -0.490 e. The highest BCUT2D eigenvalue weighted by atomic mass is 32.2. The normalized spacial score (nSPS) is 12.8. The minimum atomic E-state index is -3.65. The van der Waals surface area contributed by atoms with Gasteiger partial charge < -0.3 is 9.47 Å². The van der Waals surface area contributed by atoms with E-state index in [0.717, 1.165) is 19.3 Å². The summed E-state index contributed by atoms with van der Waals surface area (Å²) in [7, 11) is -3.65. The largest absolute Gasteiger partial charge is 0.490 e. The highest BCUT2D eigenvalue weighted by molar-refractivity contribution is 7.91. The molecule has 216 valence electrons. The quantitative estimate of drug-likeness (QED) is 0.170. The molecule has 0 saturated carbocycles. The van der Waals surface area contributed by atoms with Crippen LogP contribution in [0.1, 0.15) is 83.4 Å². The number of hydrogen-bond donors (Lipinski definition) is 0. The number of hydrogen-bond acceptors (Lipinski definition) is 4. The molecular weight excluding hydrogens is 528 g/mol. The molecule has 0 aliphatic heterocycles. The molecule has 1 atom stereocenters. The number of rotatable bonds is 12. The molecule has 0 aliphatic carbocycles. The van der Waals surface area contributed by atoms with E-state index < -0.39 is 9.84 Å². The van der Waals surface area contributed by atoms with Crippen LogP contribution in [0.25, 0.3) is 0 Å². The van der Waals surface area contributed by atoms with Crippen LogP contribution in [0.2, 0.25) is 0 Å². The first kappa shape index (κ1) is 30.4. The van der Waals surface area contributed by atoms with Gasteiger partial charge in [0.25, 0.3) is 0 Å². The van der Waals surface area contributed by atoms with Crippen LogP contribution in [0, 0.1) is 0 Å². The van der Waals surface area contributed by atoms with Crippen LogP contribution < -0.4 is 9.47 Å². The molecule has 0 fully saturated rings. The summed E-state index contributed by atoms with van der Waals surface area (Å²) in [5, 5.41) is 0. The molecular formula is C36H42O4S. The number of benzene rings is 4. The molecule has 0 radical (unpaired) electrons. The van der Waals surface area contributed by atoms with E-state index in [1.54, 1.807) is 48.5 Å². The first-order valence-corrected chi connectivity index (χ1v) is 16.1. The molecule has 0 heterocycles. The Morgan fingerprint density at radius 1 is 0.610 bits per heavy atom. The van der Waals surface area contributed by atoms with Crippen molar-refractivity contribution in [1.82, 2.24) is 0 Å². The fourth-order valence-electron chi connectivity index (χ4n) is 4.87. The molecule has 4 aromatic rings. The molecule has 0 bridgehead atoms. The lowest BCUT2D eigenvalue weighted by Crippen LogP contribution is -2.18. The van der Waals surface area contributed by atoms with Gasteiger partial charge in [-0.25, -0.2) is 8.42 Å². The predicted molar refractivity (Wildman–Crippen MR) is 167 cm³/mol. The van der Waals surface area contributed by atoms with Crippen LogP contribution in [0.3, 0.4) is 0 Å². The van der Waals surface area contributed by atoms with E-state index in [2.05, 4.69) is 77.9 Å². The fourth-order valence-corrected chi connectivity index (χ4v) is 6.14. The molecule has 5 heteroatoms. The number of ether oxygens (including phenoxy) is 2. The predicted octanol–water partition coefficient (Wildman–Crippen LogP) is 9.72. The highest BCUT2D eigenvalue weighted by Gasteiger charge is 2.23. The van der Waals surface area contributed by atoms with Crippen molar-refractivity contribution in [2.24, 2.45) is 0 Å². The van der Waals surface area contributed by atoms with Crippen molar-refractivity contribution >= 4 is 9.84 Å². The van der Waals surface area contributed by atoms with Crippen molar-refractivity contribution in [2.75, 3.05) is 0 Å². The van der Waals surface area contributed by atoms with Crippen molar-refractivity contribution in [3.63, 3.8) is 0 Å². The second-order valence-corrected chi connectivity index (χ2v) is 13.1. The van der Waals surface area contributed by atoms with E-state index in [1.807, 2.05) is 12.1 Å². The van der Waals surface area contributed by atoms with E-state index in [1.165, 1.54) is 16.7 Å². The summed E-state index contributed by atoms with van der Waals surface area (Å²) in [5.41, 5.74) is 3.68. The third kappa shape index (κ3) is 7.02. The van der Waals surface area contributed by atoms with Gasteiger partial charge in [-0.3, -0.25) is 0 Å². The molecule has 1 unspecified atom stereocenters. The van der Waals surface area contributed by atoms with E-state index in [0.29, 0.717) is 23.2 Å². The average molecular weight is 571 g/mol. The molecule has 0 aromatic heterocycles. The Kier molecular flexibility index (Phi) is 9.60. The molecule has 0 spiro atoms. The minimum absolute atomic E-state index is 0.124. The third-order valence-corrected chi connectivity index (χ3v) is 9.89. The second-order valence-electron chi connectivity index (χ2n) is 11.2. The zero-order valence-corrected chi connectivity index (χ0v) is 25.9. The summed E-state index contributed by atoms with van der Waals surface area (Å²) in [6, 6.07) is 30.2. The monoisotopic (exact) mass is 570 g/mol. The fraction of sp³-hybridized carbons (Fsp3) is 0.333. The smallest absolute Gasteiger partial charge is 0.206 e. The highest BCUT2D eigenvalue weighted by Crippen LogP contribution is 2.34. The van der Waals surface area contributed by atoms with Gasteiger partial charge in [-0.1, -0.05) is 77.9 Å². The van der Waals surface area contributed by atoms with Gasteiger partial charge in [-0.2, -0.15) is 0 Å². The van der Waals surface area contributed by atoms with Crippen molar-refractivity contribution in [3.05, 3.63) is 114 Å². The molecule has 0 saturated heterocycles. The maximum Gasteiger partial charge on any atom is 0.206 e. The van der Waals surface area contributed by atoms with E-state index in [9.17, 15) is 8.42 Å². The molecule has 41 heavy (non-hydrogen) atoms. The Bertz CT molecular complexity index is 1500. The standard InChI is InChI=1S/C36H42O4S/c1-7-26(4)27-10-12-28(13-11-27)36(5,6)29-14-16-31(17-15-29)40-33-20-24-35(25-21-33)41(37,38)34-22-18-32(19-23-34)39-30(8-2)9-3/h10-26,30H,7-9H2,1-6H3. The zero-order chi connectivity index (χ0) is 29.6. The zero-order valence-electron chi connectivity index (χ0n) is 25.1. The Morgan fingerprint density at radius 3 is 1.46 bits per heavy atom. The summed E-state index contributed by atoms with van der Waals surface area (Å²) in [6.07, 6.45) is 3.06. The Hall–Kier alpha value is -3.57. The summed E-state index contributed by atoms with van der Waals surface area (Å²) < 4.78 is 38.3. The topological polar surface area (TPSA) is 52.6 Å². The van der Waals surface area contributed by atoms with Crippen LogP contribution in [0.15, 0.2) is 107 Å². The van der Waals surface area contributed by atoms with Gasteiger partial charge in [-0.15, -0.1) is 0 Å². The van der Waals surface area contributed by atoms with E-state index >= 15 is 0 Å². The van der Waals surface area contributed by atoms with Gasteiger partial charge in [-0.05, 0) is 103 Å². The molecule has 4 rings (SSSR count). The van der Waals surface area contributed by atoms with Crippen LogP contribution in [-0.4, -0.2) is 14.5 Å². The maximum absolute atomic E-state index is 13.2. The van der Waals surface area contributed by atoms with Crippen LogP contribution in [0.5, 0.6) is 17.2 Å². The van der Waals surface area contributed by atoms with Crippen LogP contribution in [-0.2, 0) is 15.3 Å². The third-order valence-electron chi connectivity index (χ3n) is 8.11. The van der Waals surface area contributed by atoms with E-state index in [4.69, 9.17) is 9.47 Å². The van der Waals surface area contributed by atoms with Crippen molar-refractivity contribution < 1.29 is 17.9 Å². The summed E-state index contributed by atoms with van der Waals surface area (Å²) in [6.45, 7) is 13.1.